The number of nitrogens with one attached hydrogen (secondary N) is 3. The first-order valence-electron chi connectivity index (χ1n) is 21.2. The van der Waals surface area contributed by atoms with Crippen LogP contribution in [0.5, 0.6) is 11.5 Å². The second-order valence-electron chi connectivity index (χ2n) is 17.1. The molecule has 2 unspecified atom stereocenters. The van der Waals surface area contributed by atoms with Crippen molar-refractivity contribution in [2.24, 2.45) is 5.92 Å². The number of ether oxygens (including phenoxy) is 4. The predicted octanol–water partition coefficient (Wildman–Crippen LogP) is 4.71. The van der Waals surface area contributed by atoms with Crippen molar-refractivity contribution < 1.29 is 50.9 Å². The lowest BCUT2D eigenvalue weighted by Gasteiger charge is -2.30. The number of benzene rings is 1. The quantitative estimate of drug-likeness (QED) is 0.312. The van der Waals surface area contributed by atoms with E-state index in [9.17, 15) is 32.0 Å². The zero-order chi connectivity index (χ0) is 41.8. The number of alkyl carbamates (subject to hydrolysis) is 1. The van der Waals surface area contributed by atoms with Crippen LogP contribution in [0.4, 0.5) is 9.18 Å². The van der Waals surface area contributed by atoms with Crippen LogP contribution >= 0.6 is 0 Å². The SMILES string of the molecule is COC1=CC2Oc3c(nc4ccc(F)cc4c3O[C@@H]3C[C@H]4C(=O)N[C@]5(C(=O)NS(=O)(=O)C6CC6)C[C@H]5/C=C\CCCCC[C@H](NC(=O)OC5CCCC5)C(=O)N4C3)C2C=C1. The van der Waals surface area contributed by atoms with Crippen LogP contribution in [0.1, 0.15) is 95.1 Å². The van der Waals surface area contributed by atoms with Crippen LogP contribution < -0.4 is 24.8 Å². The maximum absolute atomic E-state index is 14.9. The van der Waals surface area contributed by atoms with Gasteiger partial charge in [-0.05, 0) is 94.6 Å². The molecule has 60 heavy (non-hydrogen) atoms. The Hall–Kier alpha value is -5.19. The minimum absolute atomic E-state index is 0.0518. The summed E-state index contributed by atoms with van der Waals surface area (Å²) >= 11 is 0. The van der Waals surface area contributed by atoms with E-state index in [-0.39, 0.29) is 43.6 Å². The number of nitrogens with zero attached hydrogens (tertiary/aromatic N) is 2. The fourth-order valence-electron chi connectivity index (χ4n) is 9.27. The molecule has 4 amide bonds. The minimum atomic E-state index is -3.94. The fraction of sp³-hybridized carbons (Fsp3) is 0.558. The monoisotopic (exact) mass is 847 g/mol. The smallest absolute Gasteiger partial charge is 0.408 e. The Balaban J connectivity index is 1.05. The van der Waals surface area contributed by atoms with Crippen molar-refractivity contribution in [3.63, 3.8) is 0 Å². The van der Waals surface area contributed by atoms with E-state index in [1.54, 1.807) is 13.2 Å². The van der Waals surface area contributed by atoms with E-state index >= 15 is 0 Å². The van der Waals surface area contributed by atoms with Crippen LogP contribution in [0.15, 0.2) is 54.3 Å². The average Bonchev–Trinajstić information content (AvgIpc) is 4.04. The molecule has 17 heteroatoms. The number of halogens is 1. The number of hydrogen-bond donors (Lipinski definition) is 3. The molecule has 15 nitrogen and oxygen atoms in total. The minimum Gasteiger partial charge on any atom is -0.497 e. The molecule has 0 spiro atoms. The third-order valence-corrected chi connectivity index (χ3v) is 14.7. The Kier molecular flexibility index (Phi) is 10.7. The third-order valence-electron chi connectivity index (χ3n) is 12.8. The molecule has 4 heterocycles. The zero-order valence-corrected chi connectivity index (χ0v) is 34.2. The summed E-state index contributed by atoms with van der Waals surface area (Å²) in [5.74, 6) is -2.20. The second kappa shape index (κ2) is 16.0. The summed E-state index contributed by atoms with van der Waals surface area (Å²) in [5, 5.41) is 5.36. The molecule has 1 aromatic carbocycles. The van der Waals surface area contributed by atoms with Gasteiger partial charge in [0.05, 0.1) is 36.0 Å². The fourth-order valence-corrected chi connectivity index (χ4v) is 10.6. The van der Waals surface area contributed by atoms with Gasteiger partial charge in [0, 0.05) is 17.7 Å². The second-order valence-corrected chi connectivity index (χ2v) is 19.0. The lowest BCUT2D eigenvalue weighted by atomic mass is 9.94. The van der Waals surface area contributed by atoms with Crippen molar-refractivity contribution in [2.75, 3.05) is 13.7 Å². The van der Waals surface area contributed by atoms with E-state index in [1.807, 2.05) is 30.4 Å². The molecule has 3 N–H and O–H groups in total. The molecule has 7 atom stereocenters. The van der Waals surface area contributed by atoms with Gasteiger partial charge in [0.2, 0.25) is 21.8 Å². The van der Waals surface area contributed by atoms with E-state index in [1.165, 1.54) is 17.0 Å². The van der Waals surface area contributed by atoms with E-state index < -0.39 is 80.7 Å². The first-order valence-corrected chi connectivity index (χ1v) is 22.7. The third kappa shape index (κ3) is 7.92. The maximum atomic E-state index is 14.9. The van der Waals surface area contributed by atoms with E-state index in [0.717, 1.165) is 38.5 Å². The van der Waals surface area contributed by atoms with E-state index in [0.29, 0.717) is 53.8 Å². The van der Waals surface area contributed by atoms with Gasteiger partial charge in [-0.1, -0.05) is 31.1 Å². The molecule has 4 aliphatic carbocycles. The Labute approximate surface area is 347 Å². The standard InChI is InChI=1S/C43H50FN5O10S/c1-56-27-14-17-30-35(21-27)59-38-36(30)45-32-18-13-25(44)19-31(32)37(38)57-28-20-34-39(50)47-43(41(52)48-60(54,55)29-15-16-29)22-24(43)9-5-3-2-4-6-12-33(40(51)49(34)23-28)46-42(53)58-26-10-7-8-11-26/h5,9,13-14,17-19,21,24,26,28-30,33-35H,2-4,6-8,10-12,15-16,20,22-23H2,1H3,(H,46,53)(H,47,50)(H,48,52)/b9-5-/t24-,28-,30?,33+,34+,35?,43-/m1/s1. The van der Waals surface area contributed by atoms with Crippen LogP contribution in [-0.2, 0) is 33.9 Å². The van der Waals surface area contributed by atoms with Crippen molar-refractivity contribution in [3.8, 4) is 11.5 Å². The highest BCUT2D eigenvalue weighted by atomic mass is 32.2. The largest absolute Gasteiger partial charge is 0.497 e. The summed E-state index contributed by atoms with van der Waals surface area (Å²) in [6, 6.07) is 1.92. The maximum Gasteiger partial charge on any atom is 0.408 e. The van der Waals surface area contributed by atoms with Gasteiger partial charge in [-0.3, -0.25) is 19.1 Å². The lowest BCUT2D eigenvalue weighted by molar-refractivity contribution is -0.141. The van der Waals surface area contributed by atoms with Gasteiger partial charge >= 0.3 is 6.09 Å². The zero-order valence-electron chi connectivity index (χ0n) is 33.4. The van der Waals surface area contributed by atoms with Crippen molar-refractivity contribution >= 4 is 44.7 Å². The Morgan fingerprint density at radius 3 is 2.62 bits per heavy atom. The van der Waals surface area contributed by atoms with Gasteiger partial charge in [-0.25, -0.2) is 22.6 Å². The van der Waals surface area contributed by atoms with Crippen molar-refractivity contribution in [3.05, 3.63) is 65.8 Å². The van der Waals surface area contributed by atoms with Crippen molar-refractivity contribution in [1.29, 1.82) is 0 Å². The normalized spacial score (nSPS) is 30.9. The highest BCUT2D eigenvalue weighted by Crippen LogP contribution is 2.50. The molecule has 1 saturated heterocycles. The summed E-state index contributed by atoms with van der Waals surface area (Å²) in [6.45, 7) is -0.111. The number of methoxy groups -OCH3 is 1. The summed E-state index contributed by atoms with van der Waals surface area (Å²) in [7, 11) is -2.38. The van der Waals surface area contributed by atoms with Gasteiger partial charge in [0.1, 0.15) is 47.5 Å². The molecule has 9 rings (SSSR count). The van der Waals surface area contributed by atoms with E-state index in [2.05, 4.69) is 15.4 Å². The van der Waals surface area contributed by atoms with Crippen molar-refractivity contribution in [2.45, 2.75) is 131 Å². The van der Waals surface area contributed by atoms with Crippen LogP contribution in [0, 0.1) is 11.7 Å². The number of amides is 4. The molecule has 1 aromatic heterocycles. The summed E-state index contributed by atoms with van der Waals surface area (Å²) in [6.07, 6.45) is 14.6. The number of pyridine rings is 1. The van der Waals surface area contributed by atoms with E-state index in [4.69, 9.17) is 23.9 Å². The Bertz CT molecular complexity index is 2290. The number of fused-ring (bicyclic) bond motifs is 6. The van der Waals surface area contributed by atoms with Crippen LogP contribution in [0.2, 0.25) is 0 Å². The van der Waals surface area contributed by atoms with Gasteiger partial charge < -0.3 is 34.5 Å². The number of allylic oxidation sites excluding steroid dienone is 2. The molecule has 7 aliphatic rings. The Morgan fingerprint density at radius 2 is 1.83 bits per heavy atom. The van der Waals surface area contributed by atoms with Gasteiger partial charge in [0.15, 0.2) is 11.5 Å². The van der Waals surface area contributed by atoms with Gasteiger partial charge in [0.25, 0.3) is 5.91 Å². The average molecular weight is 848 g/mol. The first-order chi connectivity index (χ1) is 28.9. The first kappa shape index (κ1) is 40.2. The summed E-state index contributed by atoms with van der Waals surface area (Å²) in [5.41, 5.74) is -0.527. The molecule has 0 bridgehead atoms. The summed E-state index contributed by atoms with van der Waals surface area (Å²) < 4.78 is 67.3. The topological polar surface area (TPSA) is 192 Å². The molecule has 3 aliphatic heterocycles. The number of hydrogen-bond acceptors (Lipinski definition) is 11. The summed E-state index contributed by atoms with van der Waals surface area (Å²) in [4.78, 5) is 62.7. The molecule has 2 aromatic rings. The van der Waals surface area contributed by atoms with Crippen molar-refractivity contribution in [1.82, 2.24) is 25.2 Å². The number of aromatic nitrogens is 1. The predicted molar refractivity (Wildman–Crippen MR) is 215 cm³/mol. The molecular formula is C43H50FN5O10S. The van der Waals surface area contributed by atoms with Crippen LogP contribution in [0.3, 0.4) is 0 Å². The molecule has 320 valence electrons. The number of carbonyl (C=O) groups is 4. The van der Waals surface area contributed by atoms with Gasteiger partial charge in [-0.2, -0.15) is 0 Å². The molecular weight excluding hydrogens is 798 g/mol. The molecule has 4 fully saturated rings. The molecule has 3 saturated carbocycles. The number of carbonyl (C=O) groups excluding carboxylic acids is 4. The van der Waals surface area contributed by atoms with Gasteiger partial charge in [-0.15, -0.1) is 0 Å². The lowest BCUT2D eigenvalue weighted by Crippen LogP contribution is -2.58. The van der Waals surface area contributed by atoms with Crippen LogP contribution in [-0.4, -0.2) is 97.0 Å². The Morgan fingerprint density at radius 1 is 1.03 bits per heavy atom. The number of rotatable bonds is 8. The van der Waals surface area contributed by atoms with Crippen LogP contribution in [0.25, 0.3) is 10.9 Å². The highest BCUT2D eigenvalue weighted by Gasteiger charge is 2.62. The molecule has 0 radical (unpaired) electrons. The highest BCUT2D eigenvalue weighted by molar-refractivity contribution is 7.91. The number of sulfonamides is 1.